The molecule has 0 fully saturated rings. The third kappa shape index (κ3) is 5.14. The van der Waals surface area contributed by atoms with Crippen LogP contribution in [0.4, 0.5) is 4.79 Å². The summed E-state index contributed by atoms with van der Waals surface area (Å²) in [6.07, 6.45) is 6.59. The van der Waals surface area contributed by atoms with Crippen molar-refractivity contribution in [2.75, 3.05) is 13.1 Å². The first-order valence-electron chi connectivity index (χ1n) is 11.6. The highest BCUT2D eigenvalue weighted by molar-refractivity contribution is 6.30. The monoisotopic (exact) mass is 515 g/mol. The molecule has 2 aromatic heterocycles. The zero-order valence-corrected chi connectivity index (χ0v) is 20.9. The van der Waals surface area contributed by atoms with Crippen LogP contribution in [0.15, 0.2) is 66.9 Å². The highest BCUT2D eigenvalue weighted by Crippen LogP contribution is 2.31. The van der Waals surface area contributed by atoms with Gasteiger partial charge in [-0.2, -0.15) is 5.26 Å². The van der Waals surface area contributed by atoms with Crippen molar-refractivity contribution >= 4 is 46.2 Å². The summed E-state index contributed by atoms with van der Waals surface area (Å²) in [5, 5.41) is 14.6. The molecule has 8 heteroatoms. The lowest BCUT2D eigenvalue weighted by Crippen LogP contribution is -2.34. The molecule has 0 aliphatic carbocycles. The lowest BCUT2D eigenvalue weighted by Gasteiger charge is -2.27. The van der Waals surface area contributed by atoms with E-state index in [9.17, 15) is 10.1 Å². The van der Waals surface area contributed by atoms with Gasteiger partial charge in [-0.25, -0.2) is 9.78 Å². The number of hydrogen-bond donors (Lipinski definition) is 1. The number of aromatic nitrogens is 2. The van der Waals surface area contributed by atoms with Gasteiger partial charge in [-0.15, -0.1) is 0 Å². The minimum Gasteiger partial charge on any atom is -0.333 e. The fraction of sp³-hybridized carbons (Fsp3) is 0.179. The van der Waals surface area contributed by atoms with E-state index in [4.69, 9.17) is 23.2 Å². The Bertz CT molecular complexity index is 1500. The van der Waals surface area contributed by atoms with Gasteiger partial charge in [0.15, 0.2) is 0 Å². The highest BCUT2D eigenvalue weighted by atomic mass is 35.5. The summed E-state index contributed by atoms with van der Waals surface area (Å²) < 4.78 is 1.73. The van der Waals surface area contributed by atoms with E-state index in [-0.39, 0.29) is 6.03 Å². The van der Waals surface area contributed by atoms with Crippen LogP contribution in [0.5, 0.6) is 0 Å². The Morgan fingerprint density at radius 2 is 1.97 bits per heavy atom. The number of fused-ring (bicyclic) bond motifs is 3. The zero-order chi connectivity index (χ0) is 25.1. The number of halogens is 2. The van der Waals surface area contributed by atoms with Crippen LogP contribution in [0.2, 0.25) is 10.2 Å². The van der Waals surface area contributed by atoms with Crippen molar-refractivity contribution in [2.24, 2.45) is 0 Å². The second-order valence-electron chi connectivity index (χ2n) is 8.69. The largest absolute Gasteiger partial charge is 0.333 e. The Hall–Kier alpha value is -3.63. The van der Waals surface area contributed by atoms with Gasteiger partial charge in [0.1, 0.15) is 5.15 Å². The predicted octanol–water partition coefficient (Wildman–Crippen LogP) is 6.04. The summed E-state index contributed by atoms with van der Waals surface area (Å²) in [6.45, 7) is 2.67. The molecule has 36 heavy (non-hydrogen) atoms. The van der Waals surface area contributed by atoms with Crippen molar-refractivity contribution in [1.29, 1.82) is 5.26 Å². The van der Waals surface area contributed by atoms with Gasteiger partial charge in [-0.3, -0.25) is 9.47 Å². The highest BCUT2D eigenvalue weighted by Gasteiger charge is 2.26. The van der Waals surface area contributed by atoms with E-state index < -0.39 is 0 Å². The molecule has 0 saturated heterocycles. The molecular weight excluding hydrogens is 493 g/mol. The second kappa shape index (κ2) is 10.5. The van der Waals surface area contributed by atoms with Crippen LogP contribution >= 0.6 is 23.2 Å². The first-order valence-corrected chi connectivity index (χ1v) is 12.4. The van der Waals surface area contributed by atoms with Gasteiger partial charge in [-0.1, -0.05) is 53.6 Å². The first-order chi connectivity index (χ1) is 17.5. The van der Waals surface area contributed by atoms with Crippen LogP contribution in [0.1, 0.15) is 27.9 Å². The maximum Gasteiger partial charge on any atom is 0.326 e. The number of carbonyl (C=O) groups is 1. The van der Waals surface area contributed by atoms with E-state index in [1.54, 1.807) is 22.9 Å². The molecule has 0 saturated carbocycles. The number of nitrogens with one attached hydrogen (secondary N) is 1. The van der Waals surface area contributed by atoms with E-state index in [1.165, 1.54) is 0 Å². The van der Waals surface area contributed by atoms with Crippen molar-refractivity contribution in [3.63, 3.8) is 0 Å². The zero-order valence-electron chi connectivity index (χ0n) is 19.4. The number of hydrogen-bond acceptors (Lipinski definition) is 4. The Morgan fingerprint density at radius 1 is 1.14 bits per heavy atom. The normalized spacial score (nSPS) is 13.6. The molecule has 1 aliphatic heterocycles. The molecule has 0 bridgehead atoms. The third-order valence-corrected chi connectivity index (χ3v) is 6.80. The average molecular weight is 516 g/mol. The minimum atomic E-state index is -0.222. The van der Waals surface area contributed by atoms with Crippen LogP contribution < -0.4 is 5.32 Å². The van der Waals surface area contributed by atoms with Crippen LogP contribution in [0.25, 0.3) is 17.0 Å². The van der Waals surface area contributed by atoms with Gasteiger partial charge in [0.05, 0.1) is 17.1 Å². The van der Waals surface area contributed by atoms with Crippen molar-refractivity contribution in [2.45, 2.75) is 19.5 Å². The van der Waals surface area contributed by atoms with Crippen molar-refractivity contribution < 1.29 is 4.79 Å². The number of nitrogens with zero attached hydrogens (tertiary/aromatic N) is 4. The molecule has 6 nitrogen and oxygen atoms in total. The number of rotatable bonds is 5. The molecule has 4 aromatic rings. The lowest BCUT2D eigenvalue weighted by molar-refractivity contribution is 0.240. The Labute approximate surface area is 219 Å². The molecule has 3 heterocycles. The van der Waals surface area contributed by atoms with E-state index >= 15 is 0 Å². The maximum absolute atomic E-state index is 13.4. The number of nitriles is 1. The number of carbonyl (C=O) groups excluding carboxylic acids is 1. The van der Waals surface area contributed by atoms with E-state index in [2.05, 4.69) is 33.4 Å². The Balaban J connectivity index is 1.39. The average Bonchev–Trinajstić information content (AvgIpc) is 3.21. The summed E-state index contributed by atoms with van der Waals surface area (Å²) >= 11 is 12.0. The maximum atomic E-state index is 13.4. The van der Waals surface area contributed by atoms with Crippen molar-refractivity contribution in [1.82, 2.24) is 19.8 Å². The molecular formula is C28H23Cl2N5O. The molecule has 180 valence electrons. The van der Waals surface area contributed by atoms with Gasteiger partial charge in [0, 0.05) is 54.9 Å². The second-order valence-corrected chi connectivity index (χ2v) is 9.51. The summed E-state index contributed by atoms with van der Waals surface area (Å²) in [6, 6.07) is 18.8. The van der Waals surface area contributed by atoms with Crippen molar-refractivity contribution in [3.05, 3.63) is 105 Å². The number of pyridine rings is 1. The van der Waals surface area contributed by atoms with E-state index in [1.807, 2.05) is 42.5 Å². The fourth-order valence-electron chi connectivity index (χ4n) is 4.59. The molecule has 1 N–H and O–H groups in total. The Morgan fingerprint density at radius 3 is 2.75 bits per heavy atom. The van der Waals surface area contributed by atoms with E-state index in [0.717, 1.165) is 64.4 Å². The van der Waals surface area contributed by atoms with Crippen molar-refractivity contribution in [3.8, 4) is 6.07 Å². The molecule has 2 aromatic carbocycles. The lowest BCUT2D eigenvalue weighted by atomic mass is 10.0. The minimum absolute atomic E-state index is 0.222. The Kier molecular flexibility index (Phi) is 7.06. The van der Waals surface area contributed by atoms with Crippen LogP contribution in [0, 0.1) is 11.3 Å². The quantitative estimate of drug-likeness (QED) is 0.328. The molecule has 0 radical (unpaired) electrons. The molecule has 1 aliphatic rings. The third-order valence-electron chi connectivity index (χ3n) is 6.34. The predicted molar refractivity (Wildman–Crippen MR) is 143 cm³/mol. The van der Waals surface area contributed by atoms with Gasteiger partial charge in [-0.05, 0) is 53.1 Å². The summed E-state index contributed by atoms with van der Waals surface area (Å²) in [5.41, 5.74) is 5.36. The number of amides is 1. The van der Waals surface area contributed by atoms with Gasteiger partial charge in [0.25, 0.3) is 0 Å². The number of benzene rings is 2. The molecule has 0 spiro atoms. The first kappa shape index (κ1) is 24.1. The fourth-order valence-corrected chi connectivity index (χ4v) is 4.91. The topological polar surface area (TPSA) is 74.0 Å². The van der Waals surface area contributed by atoms with Gasteiger partial charge in [0.2, 0.25) is 0 Å². The smallest absolute Gasteiger partial charge is 0.326 e. The molecule has 0 unspecified atom stereocenters. The summed E-state index contributed by atoms with van der Waals surface area (Å²) in [4.78, 5) is 19.7. The van der Waals surface area contributed by atoms with Crippen LogP contribution in [0.3, 0.4) is 0 Å². The van der Waals surface area contributed by atoms with Crippen LogP contribution in [-0.4, -0.2) is 33.6 Å². The SMILES string of the molecule is N#Cc1ccc2c3c(n(C(=O)NCc4ccnc(Cl)c4)c2c1)CCN(CC=Cc1ccc(Cl)cc1)C3. The van der Waals surface area contributed by atoms with Crippen LogP contribution in [-0.2, 0) is 19.5 Å². The van der Waals surface area contributed by atoms with Gasteiger partial charge >= 0.3 is 6.03 Å². The standard InChI is InChI=1S/C28H23Cl2N5O/c29-22-6-3-19(4-7-22)2-1-12-34-13-10-25-24(18-34)23-8-5-20(16-31)14-26(23)35(25)28(36)33-17-21-9-11-32-27(30)15-21/h1-9,11,14-15H,10,12-13,17-18H2,(H,33,36). The molecule has 5 rings (SSSR count). The molecule has 1 amide bonds. The summed E-state index contributed by atoms with van der Waals surface area (Å²) in [7, 11) is 0. The van der Waals surface area contributed by atoms with Gasteiger partial charge < -0.3 is 5.32 Å². The summed E-state index contributed by atoms with van der Waals surface area (Å²) in [5.74, 6) is 0. The molecule has 0 atom stereocenters. The van der Waals surface area contributed by atoms with E-state index in [0.29, 0.717) is 17.3 Å².